The van der Waals surface area contributed by atoms with Gasteiger partial charge in [0.15, 0.2) is 0 Å². The van der Waals surface area contributed by atoms with E-state index in [-0.39, 0.29) is 0 Å². The molecule has 0 unspecified atom stereocenters. The number of alkyl halides is 2. The number of ketones is 2. The summed E-state index contributed by atoms with van der Waals surface area (Å²) in [5, 5.41) is 16.9. The molecule has 0 aliphatic heterocycles. The number of aliphatic hydroxyl groups excluding tert-OH is 2. The number of carbonyl (C=O) groups is 2. The van der Waals surface area contributed by atoms with Crippen LogP contribution in [0, 0.1) is 0 Å². The number of Topliss-reactive ketones (excluding diaryl/α,β-unsaturated/α-hetero) is 2. The van der Waals surface area contributed by atoms with Gasteiger partial charge < -0.3 is 10.2 Å². The first kappa shape index (κ1) is 12.1. The minimum atomic E-state index is -3.89. The Bertz CT molecular complexity index is 215. The summed E-state index contributed by atoms with van der Waals surface area (Å²) in [5.74, 6) is -7.01. The van der Waals surface area contributed by atoms with E-state index in [0.717, 1.165) is 6.92 Å². The summed E-state index contributed by atoms with van der Waals surface area (Å²) in [4.78, 5) is 20.8. The molecule has 0 aliphatic carbocycles. The molecule has 76 valence electrons. The molecular weight excluding hydrogens is 186 g/mol. The Labute approximate surface area is 73.2 Å². The monoisotopic (exact) mass is 196 g/mol. The van der Waals surface area contributed by atoms with Crippen molar-refractivity contribution >= 4 is 11.6 Å². The molecule has 0 aromatic rings. The van der Waals surface area contributed by atoms with Crippen LogP contribution >= 0.6 is 0 Å². The normalized spacial score (nSPS) is 13.9. The molecule has 0 saturated carbocycles. The van der Waals surface area contributed by atoms with E-state index in [0.29, 0.717) is 0 Å². The van der Waals surface area contributed by atoms with Gasteiger partial charge in [0.1, 0.15) is 0 Å². The summed E-state index contributed by atoms with van der Waals surface area (Å²) in [6, 6.07) is 0. The first-order valence-corrected chi connectivity index (χ1v) is 3.53. The molecule has 0 saturated heterocycles. The SMILES string of the molecule is CC(=O)C(=O)C(F)(F)C[C@H](O)CO. The van der Waals surface area contributed by atoms with Crippen molar-refractivity contribution in [2.45, 2.75) is 25.4 Å². The third-order valence-electron chi connectivity index (χ3n) is 1.35. The highest BCUT2D eigenvalue weighted by molar-refractivity contribution is 6.38. The largest absolute Gasteiger partial charge is 0.394 e. The third-order valence-corrected chi connectivity index (χ3v) is 1.35. The zero-order valence-corrected chi connectivity index (χ0v) is 6.96. The lowest BCUT2D eigenvalue weighted by Crippen LogP contribution is -2.37. The zero-order chi connectivity index (χ0) is 10.6. The number of halogens is 2. The van der Waals surface area contributed by atoms with Crippen LogP contribution in [0.1, 0.15) is 13.3 Å². The number of hydrogen-bond donors (Lipinski definition) is 2. The molecule has 0 aromatic carbocycles. The first-order valence-electron chi connectivity index (χ1n) is 3.53. The average Bonchev–Trinajstić information content (AvgIpc) is 2.01. The van der Waals surface area contributed by atoms with Crippen LogP contribution in [0.25, 0.3) is 0 Å². The van der Waals surface area contributed by atoms with Gasteiger partial charge in [-0.2, -0.15) is 8.78 Å². The molecule has 13 heavy (non-hydrogen) atoms. The molecule has 6 heteroatoms. The van der Waals surface area contributed by atoms with Gasteiger partial charge in [0.25, 0.3) is 5.78 Å². The lowest BCUT2D eigenvalue weighted by atomic mass is 10.1. The fraction of sp³-hybridized carbons (Fsp3) is 0.714. The van der Waals surface area contributed by atoms with Crippen molar-refractivity contribution in [3.05, 3.63) is 0 Å². The summed E-state index contributed by atoms with van der Waals surface area (Å²) in [6.07, 6.45) is -2.93. The second kappa shape index (κ2) is 4.38. The van der Waals surface area contributed by atoms with Crippen molar-refractivity contribution in [3.63, 3.8) is 0 Å². The van der Waals surface area contributed by atoms with E-state index < -0.39 is 36.6 Å². The summed E-state index contributed by atoms with van der Waals surface area (Å²) in [6.45, 7) is -0.150. The molecule has 1 atom stereocenters. The Morgan fingerprint density at radius 2 is 1.92 bits per heavy atom. The molecule has 0 amide bonds. The maximum atomic E-state index is 12.7. The lowest BCUT2D eigenvalue weighted by molar-refractivity contribution is -0.155. The predicted octanol–water partition coefficient (Wildman–Crippen LogP) is -0.477. The molecule has 0 bridgehead atoms. The number of carbonyl (C=O) groups excluding carboxylic acids is 2. The van der Waals surface area contributed by atoms with Gasteiger partial charge in [-0.15, -0.1) is 0 Å². The number of hydrogen-bond acceptors (Lipinski definition) is 4. The topological polar surface area (TPSA) is 74.6 Å². The van der Waals surface area contributed by atoms with Crippen LogP contribution in [0.15, 0.2) is 0 Å². The predicted molar refractivity (Wildman–Crippen MR) is 38.3 cm³/mol. The smallest absolute Gasteiger partial charge is 0.315 e. The quantitative estimate of drug-likeness (QED) is 0.582. The summed E-state index contributed by atoms with van der Waals surface area (Å²) in [7, 11) is 0. The molecule has 0 radical (unpaired) electrons. The van der Waals surface area contributed by atoms with Gasteiger partial charge >= 0.3 is 5.92 Å². The van der Waals surface area contributed by atoms with Crippen LogP contribution in [-0.2, 0) is 9.59 Å². The Balaban J connectivity index is 4.39. The Kier molecular flexibility index (Phi) is 4.09. The molecule has 0 fully saturated rings. The number of aliphatic hydroxyl groups is 2. The van der Waals surface area contributed by atoms with Crippen LogP contribution in [0.2, 0.25) is 0 Å². The molecule has 4 nitrogen and oxygen atoms in total. The van der Waals surface area contributed by atoms with Crippen LogP contribution in [0.3, 0.4) is 0 Å². The molecule has 0 spiro atoms. The van der Waals surface area contributed by atoms with Gasteiger partial charge in [0, 0.05) is 13.3 Å². The molecule has 0 aliphatic rings. The van der Waals surface area contributed by atoms with E-state index in [1.54, 1.807) is 0 Å². The fourth-order valence-corrected chi connectivity index (χ4v) is 0.711. The van der Waals surface area contributed by atoms with Crippen LogP contribution in [-0.4, -0.2) is 40.4 Å². The molecular formula is C7H10F2O4. The standard InChI is InChI=1S/C7H10F2O4/c1-4(11)6(13)7(8,9)2-5(12)3-10/h5,10,12H,2-3H2,1H3/t5-/m0/s1. The minimum Gasteiger partial charge on any atom is -0.394 e. The van der Waals surface area contributed by atoms with Gasteiger partial charge in [0.05, 0.1) is 12.7 Å². The van der Waals surface area contributed by atoms with Crippen molar-refractivity contribution in [1.82, 2.24) is 0 Å². The minimum absolute atomic E-state index is 0.724. The van der Waals surface area contributed by atoms with Crippen molar-refractivity contribution in [2.75, 3.05) is 6.61 Å². The molecule has 0 rings (SSSR count). The van der Waals surface area contributed by atoms with E-state index in [1.807, 2.05) is 0 Å². The molecule has 0 aromatic heterocycles. The summed E-state index contributed by atoms with van der Waals surface area (Å²) < 4.78 is 25.3. The van der Waals surface area contributed by atoms with Gasteiger partial charge in [-0.1, -0.05) is 0 Å². The van der Waals surface area contributed by atoms with Crippen LogP contribution in [0.4, 0.5) is 8.78 Å². The van der Waals surface area contributed by atoms with E-state index in [1.165, 1.54) is 0 Å². The maximum absolute atomic E-state index is 12.7. The summed E-state index contributed by atoms with van der Waals surface area (Å²) >= 11 is 0. The highest BCUT2D eigenvalue weighted by atomic mass is 19.3. The van der Waals surface area contributed by atoms with Crippen molar-refractivity contribution in [2.24, 2.45) is 0 Å². The zero-order valence-electron chi connectivity index (χ0n) is 6.96. The third kappa shape index (κ3) is 3.56. The van der Waals surface area contributed by atoms with E-state index >= 15 is 0 Å². The van der Waals surface area contributed by atoms with Crippen LogP contribution < -0.4 is 0 Å². The lowest BCUT2D eigenvalue weighted by Gasteiger charge is -2.15. The highest BCUT2D eigenvalue weighted by Gasteiger charge is 2.42. The number of rotatable bonds is 5. The van der Waals surface area contributed by atoms with Crippen LogP contribution in [0.5, 0.6) is 0 Å². The fourth-order valence-electron chi connectivity index (χ4n) is 0.711. The van der Waals surface area contributed by atoms with Crippen molar-refractivity contribution in [1.29, 1.82) is 0 Å². The Morgan fingerprint density at radius 1 is 1.46 bits per heavy atom. The Hall–Kier alpha value is -0.880. The Morgan fingerprint density at radius 3 is 2.23 bits per heavy atom. The van der Waals surface area contributed by atoms with Gasteiger partial charge in [-0.3, -0.25) is 9.59 Å². The van der Waals surface area contributed by atoms with Gasteiger partial charge in [-0.25, -0.2) is 0 Å². The second-order valence-corrected chi connectivity index (χ2v) is 2.63. The first-order chi connectivity index (χ1) is 5.81. The average molecular weight is 196 g/mol. The van der Waals surface area contributed by atoms with Crippen molar-refractivity contribution in [3.8, 4) is 0 Å². The van der Waals surface area contributed by atoms with E-state index in [4.69, 9.17) is 10.2 Å². The summed E-state index contributed by atoms with van der Waals surface area (Å²) in [5.41, 5.74) is 0. The molecule has 2 N–H and O–H groups in total. The maximum Gasteiger partial charge on any atom is 0.315 e. The molecule has 0 heterocycles. The second-order valence-electron chi connectivity index (χ2n) is 2.63. The van der Waals surface area contributed by atoms with E-state index in [9.17, 15) is 18.4 Å². The van der Waals surface area contributed by atoms with E-state index in [2.05, 4.69) is 0 Å². The highest BCUT2D eigenvalue weighted by Crippen LogP contribution is 2.21. The van der Waals surface area contributed by atoms with Gasteiger partial charge in [-0.05, 0) is 0 Å². The van der Waals surface area contributed by atoms with Crippen molar-refractivity contribution < 1.29 is 28.6 Å². The van der Waals surface area contributed by atoms with Gasteiger partial charge in [0.2, 0.25) is 5.78 Å².